The number of carboxylic acids is 1. The summed E-state index contributed by atoms with van der Waals surface area (Å²) in [4.78, 5) is 11.1. The van der Waals surface area contributed by atoms with E-state index in [1.807, 2.05) is 0 Å². The van der Waals surface area contributed by atoms with E-state index in [0.717, 1.165) is 11.3 Å². The summed E-state index contributed by atoms with van der Waals surface area (Å²) < 4.78 is 26.9. The van der Waals surface area contributed by atoms with Crippen LogP contribution < -0.4 is 4.72 Å². The molecule has 0 unspecified atom stereocenters. The number of carbonyl (C=O) groups is 1. The van der Waals surface area contributed by atoms with E-state index < -0.39 is 16.0 Å². The highest BCUT2D eigenvalue weighted by Crippen LogP contribution is 2.29. The van der Waals surface area contributed by atoms with Gasteiger partial charge in [-0.15, -0.1) is 11.3 Å². The molecule has 1 aromatic heterocycles. The molecular weight excluding hydrogens is 354 g/mol. The number of nitrogens with one attached hydrogen (secondary N) is 1. The van der Waals surface area contributed by atoms with Crippen LogP contribution in [-0.2, 0) is 10.0 Å². The predicted molar refractivity (Wildman–Crippen MR) is 76.2 cm³/mol. The third-order valence-corrected chi connectivity index (χ3v) is 5.65. The van der Waals surface area contributed by atoms with Crippen molar-refractivity contribution >= 4 is 48.9 Å². The second-order valence-corrected chi connectivity index (χ2v) is 7.22. The number of hydrogen-bond donors (Lipinski definition) is 2. The number of rotatable bonds is 4. The van der Waals surface area contributed by atoms with E-state index in [4.69, 9.17) is 5.11 Å². The van der Waals surface area contributed by atoms with Gasteiger partial charge in [-0.2, -0.15) is 0 Å². The molecule has 2 rings (SSSR count). The number of sulfonamides is 1. The molecule has 8 heteroatoms. The molecule has 0 aliphatic heterocycles. The molecule has 1 heterocycles. The van der Waals surface area contributed by atoms with E-state index in [2.05, 4.69) is 20.7 Å². The quantitative estimate of drug-likeness (QED) is 0.876. The normalized spacial score (nSPS) is 11.2. The monoisotopic (exact) mass is 361 g/mol. The van der Waals surface area contributed by atoms with Gasteiger partial charge < -0.3 is 5.11 Å². The van der Waals surface area contributed by atoms with Crippen LogP contribution in [0.4, 0.5) is 5.69 Å². The fraction of sp³-hybridized carbons (Fsp3) is 0. The molecule has 100 valence electrons. The van der Waals surface area contributed by atoms with Crippen molar-refractivity contribution in [3.05, 3.63) is 45.7 Å². The minimum absolute atomic E-state index is 0.0170. The molecule has 0 amide bonds. The van der Waals surface area contributed by atoms with Crippen molar-refractivity contribution in [1.82, 2.24) is 0 Å². The van der Waals surface area contributed by atoms with Gasteiger partial charge >= 0.3 is 5.97 Å². The summed E-state index contributed by atoms with van der Waals surface area (Å²) in [5.74, 6) is -1.20. The Labute approximate surface area is 122 Å². The summed E-state index contributed by atoms with van der Waals surface area (Å²) in [6.07, 6.45) is 0. The molecule has 1 aromatic carbocycles. The smallest absolute Gasteiger partial charge is 0.337 e. The molecule has 19 heavy (non-hydrogen) atoms. The Morgan fingerprint density at radius 2 is 2.00 bits per heavy atom. The number of halogens is 1. The average molecular weight is 362 g/mol. The maximum atomic E-state index is 12.1. The highest BCUT2D eigenvalue weighted by Gasteiger charge is 2.21. The summed E-state index contributed by atoms with van der Waals surface area (Å²) in [5, 5.41) is 10.7. The van der Waals surface area contributed by atoms with Gasteiger partial charge in [0.2, 0.25) is 0 Å². The lowest BCUT2D eigenvalue weighted by atomic mass is 10.2. The molecule has 5 nitrogen and oxygen atoms in total. The minimum Gasteiger partial charge on any atom is -0.478 e. The van der Waals surface area contributed by atoms with Crippen LogP contribution in [0.1, 0.15) is 10.4 Å². The van der Waals surface area contributed by atoms with Gasteiger partial charge in [0, 0.05) is 4.47 Å². The van der Waals surface area contributed by atoms with Gasteiger partial charge in [0.05, 0.1) is 11.3 Å². The van der Waals surface area contributed by atoms with Crippen molar-refractivity contribution < 1.29 is 18.3 Å². The zero-order valence-electron chi connectivity index (χ0n) is 9.33. The van der Waals surface area contributed by atoms with Gasteiger partial charge in [-0.05, 0) is 39.5 Å². The number of thiophene rings is 1. The van der Waals surface area contributed by atoms with E-state index in [0.29, 0.717) is 4.47 Å². The molecule has 2 N–H and O–H groups in total. The fourth-order valence-corrected chi connectivity index (χ4v) is 4.10. The van der Waals surface area contributed by atoms with Crippen LogP contribution in [0.15, 0.2) is 44.4 Å². The van der Waals surface area contributed by atoms with Gasteiger partial charge in [-0.1, -0.05) is 12.1 Å². The minimum atomic E-state index is -3.77. The molecule has 0 radical (unpaired) electrons. The van der Waals surface area contributed by atoms with Crippen LogP contribution in [0.3, 0.4) is 0 Å². The molecule has 0 atom stereocenters. The summed E-state index contributed by atoms with van der Waals surface area (Å²) in [5.41, 5.74) is -0.0992. The first-order valence-corrected chi connectivity index (χ1v) is 8.15. The lowest BCUT2D eigenvalue weighted by Gasteiger charge is -2.11. The Morgan fingerprint density at radius 3 is 2.58 bits per heavy atom. The lowest BCUT2D eigenvalue weighted by Crippen LogP contribution is -2.15. The van der Waals surface area contributed by atoms with Crippen molar-refractivity contribution in [2.24, 2.45) is 0 Å². The second-order valence-electron chi connectivity index (χ2n) is 3.51. The third-order valence-electron chi connectivity index (χ3n) is 2.24. The van der Waals surface area contributed by atoms with Crippen LogP contribution in [0.25, 0.3) is 0 Å². The highest BCUT2D eigenvalue weighted by molar-refractivity contribution is 9.10. The zero-order chi connectivity index (χ0) is 14.0. The average Bonchev–Trinajstić information content (AvgIpc) is 2.85. The molecule has 0 bridgehead atoms. The number of benzene rings is 1. The molecular formula is C11H8BrNO4S2. The van der Waals surface area contributed by atoms with Crippen molar-refractivity contribution in [1.29, 1.82) is 0 Å². The van der Waals surface area contributed by atoms with Crippen LogP contribution in [0.5, 0.6) is 0 Å². The Hall–Kier alpha value is -1.38. The van der Waals surface area contributed by atoms with Gasteiger partial charge in [0.25, 0.3) is 10.0 Å². The van der Waals surface area contributed by atoms with Crippen molar-refractivity contribution in [2.75, 3.05) is 4.72 Å². The van der Waals surface area contributed by atoms with Gasteiger partial charge in [-0.25, -0.2) is 13.2 Å². The Morgan fingerprint density at radius 1 is 1.26 bits per heavy atom. The van der Waals surface area contributed by atoms with Crippen molar-refractivity contribution in [2.45, 2.75) is 4.21 Å². The van der Waals surface area contributed by atoms with Gasteiger partial charge in [0.1, 0.15) is 4.21 Å². The molecule has 0 saturated carbocycles. The topological polar surface area (TPSA) is 83.5 Å². The Bertz CT molecular complexity index is 710. The molecule has 2 aromatic rings. The number of aromatic carboxylic acids is 1. The molecule has 0 fully saturated rings. The van der Waals surface area contributed by atoms with E-state index >= 15 is 0 Å². The van der Waals surface area contributed by atoms with Crippen LogP contribution in [0, 0.1) is 0 Å². The summed E-state index contributed by atoms with van der Waals surface area (Å²) in [6.45, 7) is 0. The number of anilines is 1. The number of hydrogen-bond acceptors (Lipinski definition) is 4. The standard InChI is InChI=1S/C11H8BrNO4S2/c12-8-4-1-3-7(11(14)15)10(8)13-19(16,17)9-5-2-6-18-9/h1-6,13H,(H,14,15). The molecule has 0 aliphatic rings. The van der Waals surface area contributed by atoms with E-state index in [1.54, 1.807) is 17.5 Å². The second kappa shape index (κ2) is 5.32. The number of carboxylic acid groups (broad SMARTS) is 1. The largest absolute Gasteiger partial charge is 0.478 e. The van der Waals surface area contributed by atoms with E-state index in [-0.39, 0.29) is 15.5 Å². The molecule has 0 spiro atoms. The highest BCUT2D eigenvalue weighted by atomic mass is 79.9. The zero-order valence-corrected chi connectivity index (χ0v) is 12.5. The first kappa shape index (κ1) is 14.0. The summed E-state index contributed by atoms with van der Waals surface area (Å²) >= 11 is 4.20. The first-order valence-electron chi connectivity index (χ1n) is 5.00. The first-order chi connectivity index (χ1) is 8.92. The third kappa shape index (κ3) is 2.96. The van der Waals surface area contributed by atoms with Crippen molar-refractivity contribution in [3.63, 3.8) is 0 Å². The van der Waals surface area contributed by atoms with Crippen LogP contribution >= 0.6 is 27.3 Å². The summed E-state index contributed by atoms with van der Waals surface area (Å²) in [7, 11) is -3.77. The summed E-state index contributed by atoms with van der Waals surface area (Å²) in [6, 6.07) is 7.48. The molecule has 0 saturated heterocycles. The van der Waals surface area contributed by atoms with Crippen LogP contribution in [-0.4, -0.2) is 19.5 Å². The van der Waals surface area contributed by atoms with Gasteiger partial charge in [-0.3, -0.25) is 4.72 Å². The van der Waals surface area contributed by atoms with Gasteiger partial charge in [0.15, 0.2) is 0 Å². The van der Waals surface area contributed by atoms with Crippen molar-refractivity contribution in [3.8, 4) is 0 Å². The predicted octanol–water partition coefficient (Wildman–Crippen LogP) is 3.01. The van der Waals surface area contributed by atoms with Crippen LogP contribution in [0.2, 0.25) is 0 Å². The SMILES string of the molecule is O=C(O)c1cccc(Br)c1NS(=O)(=O)c1cccs1. The Kier molecular flexibility index (Phi) is 3.93. The Balaban J connectivity index is 2.48. The van der Waals surface area contributed by atoms with E-state index in [1.165, 1.54) is 18.2 Å². The van der Waals surface area contributed by atoms with E-state index in [9.17, 15) is 13.2 Å². The maximum absolute atomic E-state index is 12.1. The number of para-hydroxylation sites is 1. The maximum Gasteiger partial charge on any atom is 0.337 e. The fourth-order valence-electron chi connectivity index (χ4n) is 1.41. The molecule has 0 aliphatic carbocycles. The lowest BCUT2D eigenvalue weighted by molar-refractivity contribution is 0.0698.